The number of hydrogen-bond acceptors (Lipinski definition) is 4. The molecular formula is C20H30O4. The van der Waals surface area contributed by atoms with Crippen molar-refractivity contribution in [3.05, 3.63) is 29.3 Å². The van der Waals surface area contributed by atoms with E-state index in [1.807, 2.05) is 39.8 Å². The van der Waals surface area contributed by atoms with Crippen LogP contribution in [0.25, 0.3) is 0 Å². The van der Waals surface area contributed by atoms with Gasteiger partial charge < -0.3 is 9.47 Å². The van der Waals surface area contributed by atoms with Crippen molar-refractivity contribution in [1.29, 1.82) is 0 Å². The summed E-state index contributed by atoms with van der Waals surface area (Å²) < 4.78 is 10.9. The van der Waals surface area contributed by atoms with E-state index in [9.17, 15) is 9.59 Å². The Labute approximate surface area is 145 Å². The lowest BCUT2D eigenvalue weighted by Gasteiger charge is -2.27. The highest BCUT2D eigenvalue weighted by molar-refractivity contribution is 6.00. The summed E-state index contributed by atoms with van der Waals surface area (Å²) in [7, 11) is 0. The van der Waals surface area contributed by atoms with Crippen molar-refractivity contribution in [3.63, 3.8) is 0 Å². The second-order valence-electron chi connectivity index (χ2n) is 6.22. The van der Waals surface area contributed by atoms with E-state index in [1.54, 1.807) is 6.07 Å². The highest BCUT2D eigenvalue weighted by Crippen LogP contribution is 2.32. The fraction of sp³-hybridized carbons (Fsp3) is 0.600. The molecule has 4 nitrogen and oxygen atoms in total. The number of carbonyl (C=O) groups is 2. The van der Waals surface area contributed by atoms with E-state index in [-0.39, 0.29) is 0 Å². The molecule has 0 amide bonds. The van der Waals surface area contributed by atoms with Crippen LogP contribution in [-0.2, 0) is 14.3 Å². The van der Waals surface area contributed by atoms with Gasteiger partial charge in [-0.05, 0) is 50.3 Å². The Bertz CT molecular complexity index is 559. The number of rotatable bonds is 9. The lowest BCUT2D eigenvalue weighted by molar-refractivity contribution is -0.168. The molecule has 0 saturated carbocycles. The maximum Gasteiger partial charge on any atom is 0.328 e. The summed E-state index contributed by atoms with van der Waals surface area (Å²) in [5.41, 5.74) is 0.715. The lowest BCUT2D eigenvalue weighted by Crippen LogP contribution is -2.42. The van der Waals surface area contributed by atoms with Crippen molar-refractivity contribution in [2.45, 2.75) is 66.7 Å². The number of aryl methyl sites for hydroxylation is 1. The number of carbonyl (C=O) groups excluding carboxylic acids is 2. The van der Waals surface area contributed by atoms with Gasteiger partial charge in [0.25, 0.3) is 0 Å². The molecule has 0 aliphatic heterocycles. The number of esters is 2. The van der Waals surface area contributed by atoms with Crippen molar-refractivity contribution in [1.82, 2.24) is 0 Å². The van der Waals surface area contributed by atoms with E-state index < -0.39 is 17.4 Å². The van der Waals surface area contributed by atoms with Gasteiger partial charge in [0, 0.05) is 0 Å². The van der Waals surface area contributed by atoms with E-state index in [1.165, 1.54) is 0 Å². The van der Waals surface area contributed by atoms with Gasteiger partial charge in [0.15, 0.2) is 5.41 Å². The first-order chi connectivity index (χ1) is 11.4. The van der Waals surface area contributed by atoms with Crippen LogP contribution in [0.5, 0.6) is 5.75 Å². The summed E-state index contributed by atoms with van der Waals surface area (Å²) in [6.07, 6.45) is 3.60. The molecule has 0 aliphatic rings. The molecule has 0 radical (unpaired) electrons. The van der Waals surface area contributed by atoms with Crippen molar-refractivity contribution in [2.24, 2.45) is 5.41 Å². The highest BCUT2D eigenvalue weighted by atomic mass is 16.6. The molecular weight excluding hydrogens is 304 g/mol. The van der Waals surface area contributed by atoms with Gasteiger partial charge in [-0.2, -0.15) is 0 Å². The van der Waals surface area contributed by atoms with Gasteiger partial charge in [0.05, 0.1) is 6.61 Å². The van der Waals surface area contributed by atoms with Crippen LogP contribution in [0.3, 0.4) is 0 Å². The standard InChI is InChI=1S/C20H30O4/c1-6-9-10-14-23-18(21)20(7-2,8-3)19(22)24-17-13-11-12-15(4)16(17)5/h11-13H,6-10,14H2,1-5H3. The fourth-order valence-corrected chi connectivity index (χ4v) is 2.60. The molecule has 0 atom stereocenters. The first-order valence-corrected chi connectivity index (χ1v) is 8.88. The van der Waals surface area contributed by atoms with E-state index in [0.29, 0.717) is 25.2 Å². The van der Waals surface area contributed by atoms with E-state index in [4.69, 9.17) is 9.47 Å². The Kier molecular flexibility index (Phi) is 7.96. The number of unbranched alkanes of at least 4 members (excludes halogenated alkanes) is 2. The minimum absolute atomic E-state index is 0.352. The topological polar surface area (TPSA) is 52.6 Å². The van der Waals surface area contributed by atoms with Gasteiger partial charge in [-0.15, -0.1) is 0 Å². The average Bonchev–Trinajstić information content (AvgIpc) is 2.57. The van der Waals surface area contributed by atoms with E-state index in [0.717, 1.165) is 30.4 Å². The van der Waals surface area contributed by atoms with Crippen LogP contribution in [-0.4, -0.2) is 18.5 Å². The van der Waals surface area contributed by atoms with Gasteiger partial charge in [0.1, 0.15) is 5.75 Å². The summed E-state index contributed by atoms with van der Waals surface area (Å²) >= 11 is 0. The van der Waals surface area contributed by atoms with Gasteiger partial charge in [-0.1, -0.05) is 45.7 Å². The summed E-state index contributed by atoms with van der Waals surface area (Å²) in [6.45, 7) is 9.95. The molecule has 0 aromatic heterocycles. The van der Waals surface area contributed by atoms with Crippen molar-refractivity contribution >= 4 is 11.9 Å². The Morgan fingerprint density at radius 2 is 1.67 bits per heavy atom. The van der Waals surface area contributed by atoms with Crippen LogP contribution in [0, 0.1) is 19.3 Å². The molecule has 1 aromatic carbocycles. The quantitative estimate of drug-likeness (QED) is 0.283. The van der Waals surface area contributed by atoms with Gasteiger partial charge >= 0.3 is 11.9 Å². The van der Waals surface area contributed by atoms with Crippen molar-refractivity contribution < 1.29 is 19.1 Å². The van der Waals surface area contributed by atoms with Crippen LogP contribution >= 0.6 is 0 Å². The Hall–Kier alpha value is -1.84. The summed E-state index contributed by atoms with van der Waals surface area (Å²) in [5.74, 6) is -0.495. The molecule has 0 saturated heterocycles. The van der Waals surface area contributed by atoms with Crippen molar-refractivity contribution in [2.75, 3.05) is 6.61 Å². The summed E-state index contributed by atoms with van der Waals surface area (Å²) in [6, 6.07) is 5.55. The largest absolute Gasteiger partial charge is 0.465 e. The summed E-state index contributed by atoms with van der Waals surface area (Å²) in [5, 5.41) is 0. The molecule has 0 unspecified atom stereocenters. The van der Waals surface area contributed by atoms with E-state index >= 15 is 0 Å². The minimum Gasteiger partial charge on any atom is -0.465 e. The Balaban J connectivity index is 2.90. The maximum absolute atomic E-state index is 12.8. The molecule has 0 heterocycles. The molecule has 0 fully saturated rings. The molecule has 24 heavy (non-hydrogen) atoms. The second-order valence-corrected chi connectivity index (χ2v) is 6.22. The molecule has 0 N–H and O–H groups in total. The second kappa shape index (κ2) is 9.45. The molecule has 0 aliphatic carbocycles. The third kappa shape index (κ3) is 4.59. The van der Waals surface area contributed by atoms with Crippen LogP contribution in [0.4, 0.5) is 0 Å². The third-order valence-corrected chi connectivity index (χ3v) is 4.73. The van der Waals surface area contributed by atoms with Crippen LogP contribution in [0.1, 0.15) is 64.0 Å². The summed E-state index contributed by atoms with van der Waals surface area (Å²) in [4.78, 5) is 25.3. The molecule has 4 heteroatoms. The van der Waals surface area contributed by atoms with Crippen LogP contribution in [0.2, 0.25) is 0 Å². The number of hydrogen-bond donors (Lipinski definition) is 0. The van der Waals surface area contributed by atoms with E-state index in [2.05, 4.69) is 6.92 Å². The lowest BCUT2D eigenvalue weighted by atomic mass is 9.82. The Morgan fingerprint density at radius 3 is 2.25 bits per heavy atom. The SMILES string of the molecule is CCCCCOC(=O)C(CC)(CC)C(=O)Oc1cccc(C)c1C. The van der Waals surface area contributed by atoms with Crippen molar-refractivity contribution in [3.8, 4) is 5.75 Å². The maximum atomic E-state index is 12.8. The zero-order chi connectivity index (χ0) is 18.2. The van der Waals surface area contributed by atoms with Gasteiger partial charge in [-0.3, -0.25) is 9.59 Å². The predicted octanol–water partition coefficient (Wildman–Crippen LogP) is 4.75. The van der Waals surface area contributed by atoms with Crippen LogP contribution in [0.15, 0.2) is 18.2 Å². The molecule has 1 aromatic rings. The van der Waals surface area contributed by atoms with Gasteiger partial charge in [0.2, 0.25) is 0 Å². The van der Waals surface area contributed by atoms with Crippen LogP contribution < -0.4 is 4.74 Å². The highest BCUT2D eigenvalue weighted by Gasteiger charge is 2.46. The normalized spacial score (nSPS) is 11.2. The molecule has 1 rings (SSSR count). The number of benzene rings is 1. The fourth-order valence-electron chi connectivity index (χ4n) is 2.60. The smallest absolute Gasteiger partial charge is 0.328 e. The monoisotopic (exact) mass is 334 g/mol. The predicted molar refractivity (Wildman–Crippen MR) is 95.1 cm³/mol. The molecule has 0 spiro atoms. The first kappa shape index (κ1) is 20.2. The van der Waals surface area contributed by atoms with Gasteiger partial charge in [-0.25, -0.2) is 0 Å². The zero-order valence-corrected chi connectivity index (χ0v) is 15.6. The first-order valence-electron chi connectivity index (χ1n) is 8.88. The zero-order valence-electron chi connectivity index (χ0n) is 15.6. The number of ether oxygens (including phenoxy) is 2. The minimum atomic E-state index is -1.23. The average molecular weight is 334 g/mol. The molecule has 0 bridgehead atoms. The third-order valence-electron chi connectivity index (χ3n) is 4.73. The Morgan fingerprint density at radius 1 is 1.00 bits per heavy atom. The molecule has 134 valence electrons.